The van der Waals surface area contributed by atoms with Crippen molar-refractivity contribution in [2.45, 2.75) is 11.6 Å². The summed E-state index contributed by atoms with van der Waals surface area (Å²) in [6.45, 7) is 0.496. The number of hydrogen-bond acceptors (Lipinski definition) is 6. The van der Waals surface area contributed by atoms with Gasteiger partial charge in [-0.25, -0.2) is 9.97 Å². The number of hydrogen-bond donors (Lipinski definition) is 1. The molecule has 0 aromatic carbocycles. The standard InChI is InChI=1S/C9H12N4O2S/c1-16-9-11-5-10-8(12-9)13-3-6(4-14)2-7(13)15/h5-6,14H,2-4H2,1H3. The number of anilines is 1. The van der Waals surface area contributed by atoms with Crippen LogP contribution in [0, 0.1) is 5.92 Å². The Morgan fingerprint density at radius 3 is 3.06 bits per heavy atom. The molecule has 1 N–H and O–H groups in total. The first-order chi connectivity index (χ1) is 7.74. The first kappa shape index (κ1) is 11.3. The molecule has 0 spiro atoms. The normalized spacial score (nSPS) is 20.5. The van der Waals surface area contributed by atoms with Gasteiger partial charge in [-0.15, -0.1) is 0 Å². The predicted molar refractivity (Wildman–Crippen MR) is 59.2 cm³/mol. The Hall–Kier alpha value is -1.21. The molecule has 1 fully saturated rings. The Morgan fingerprint density at radius 2 is 2.44 bits per heavy atom. The molecule has 1 aliphatic rings. The third-order valence-corrected chi connectivity index (χ3v) is 2.99. The minimum atomic E-state index is -0.0442. The topological polar surface area (TPSA) is 79.2 Å². The smallest absolute Gasteiger partial charge is 0.236 e. The van der Waals surface area contributed by atoms with Gasteiger partial charge in [0.1, 0.15) is 6.33 Å². The molecule has 2 heterocycles. The highest BCUT2D eigenvalue weighted by Gasteiger charge is 2.31. The van der Waals surface area contributed by atoms with E-state index in [-0.39, 0.29) is 18.4 Å². The van der Waals surface area contributed by atoms with Crippen LogP contribution in [0.25, 0.3) is 0 Å². The second-order valence-electron chi connectivity index (χ2n) is 3.53. The van der Waals surface area contributed by atoms with Gasteiger partial charge in [0.2, 0.25) is 11.9 Å². The lowest BCUT2D eigenvalue weighted by molar-refractivity contribution is -0.117. The molecule has 0 aliphatic carbocycles. The Bertz CT molecular complexity index is 401. The fourth-order valence-corrected chi connectivity index (χ4v) is 1.92. The van der Waals surface area contributed by atoms with Crippen molar-refractivity contribution in [1.29, 1.82) is 0 Å². The second kappa shape index (κ2) is 4.75. The number of carbonyl (C=O) groups excluding carboxylic acids is 1. The molecule has 1 aromatic rings. The SMILES string of the molecule is CSc1ncnc(N2CC(CO)CC2=O)n1. The Kier molecular flexibility index (Phi) is 3.35. The van der Waals surface area contributed by atoms with Crippen LogP contribution in [0.15, 0.2) is 11.5 Å². The molecule has 2 rings (SSSR count). The number of aliphatic hydroxyl groups excluding tert-OH is 1. The first-order valence-electron chi connectivity index (χ1n) is 4.89. The number of thioether (sulfide) groups is 1. The van der Waals surface area contributed by atoms with E-state index in [1.807, 2.05) is 6.26 Å². The van der Waals surface area contributed by atoms with Crippen molar-refractivity contribution in [2.75, 3.05) is 24.3 Å². The van der Waals surface area contributed by atoms with Crippen LogP contribution in [-0.4, -0.2) is 45.4 Å². The molecule has 7 heteroatoms. The van der Waals surface area contributed by atoms with E-state index in [4.69, 9.17) is 5.11 Å². The molecule has 1 saturated heterocycles. The zero-order valence-corrected chi connectivity index (χ0v) is 9.65. The Morgan fingerprint density at radius 1 is 1.62 bits per heavy atom. The van der Waals surface area contributed by atoms with Gasteiger partial charge in [0, 0.05) is 25.5 Å². The first-order valence-corrected chi connectivity index (χ1v) is 6.11. The van der Waals surface area contributed by atoms with E-state index in [2.05, 4.69) is 15.0 Å². The molecular formula is C9H12N4O2S. The van der Waals surface area contributed by atoms with E-state index >= 15 is 0 Å². The number of aromatic nitrogens is 3. The van der Waals surface area contributed by atoms with Gasteiger partial charge in [-0.1, -0.05) is 11.8 Å². The summed E-state index contributed by atoms with van der Waals surface area (Å²) in [6.07, 6.45) is 3.62. The maximum atomic E-state index is 11.7. The van der Waals surface area contributed by atoms with Crippen molar-refractivity contribution >= 4 is 23.6 Å². The van der Waals surface area contributed by atoms with E-state index in [0.717, 1.165) is 0 Å². The van der Waals surface area contributed by atoms with Crippen molar-refractivity contribution < 1.29 is 9.90 Å². The van der Waals surface area contributed by atoms with E-state index in [9.17, 15) is 4.79 Å². The number of nitrogens with zero attached hydrogens (tertiary/aromatic N) is 4. The van der Waals surface area contributed by atoms with Gasteiger partial charge in [0.25, 0.3) is 0 Å². The molecule has 1 unspecified atom stereocenters. The van der Waals surface area contributed by atoms with Crippen LogP contribution >= 0.6 is 11.8 Å². The van der Waals surface area contributed by atoms with Gasteiger partial charge in [-0.2, -0.15) is 4.98 Å². The van der Waals surface area contributed by atoms with Gasteiger partial charge < -0.3 is 5.11 Å². The molecule has 0 bridgehead atoms. The molecule has 0 radical (unpaired) electrons. The van der Waals surface area contributed by atoms with Crippen LogP contribution in [0.2, 0.25) is 0 Å². The molecule has 1 aromatic heterocycles. The highest BCUT2D eigenvalue weighted by Crippen LogP contribution is 2.22. The van der Waals surface area contributed by atoms with Crippen LogP contribution in [0.3, 0.4) is 0 Å². The Balaban J connectivity index is 2.20. The highest BCUT2D eigenvalue weighted by molar-refractivity contribution is 7.98. The van der Waals surface area contributed by atoms with Crippen molar-refractivity contribution in [3.63, 3.8) is 0 Å². The minimum Gasteiger partial charge on any atom is -0.396 e. The van der Waals surface area contributed by atoms with E-state index in [1.165, 1.54) is 23.0 Å². The summed E-state index contributed by atoms with van der Waals surface area (Å²) in [5.41, 5.74) is 0. The van der Waals surface area contributed by atoms with Gasteiger partial charge in [0.05, 0.1) is 0 Å². The second-order valence-corrected chi connectivity index (χ2v) is 4.30. The molecule has 1 aliphatic heterocycles. The third kappa shape index (κ3) is 2.14. The van der Waals surface area contributed by atoms with Crippen molar-refractivity contribution in [3.8, 4) is 0 Å². The average Bonchev–Trinajstić information content (AvgIpc) is 2.71. The summed E-state index contributed by atoms with van der Waals surface area (Å²) >= 11 is 1.40. The lowest BCUT2D eigenvalue weighted by atomic mass is 10.1. The average molecular weight is 240 g/mol. The molecule has 16 heavy (non-hydrogen) atoms. The van der Waals surface area contributed by atoms with Gasteiger partial charge in [-0.3, -0.25) is 9.69 Å². The lowest BCUT2D eigenvalue weighted by Gasteiger charge is -2.13. The predicted octanol–water partition coefficient (Wildman–Crippen LogP) is -0.0613. The molecule has 1 atom stereocenters. The largest absolute Gasteiger partial charge is 0.396 e. The monoisotopic (exact) mass is 240 g/mol. The fourth-order valence-electron chi connectivity index (χ4n) is 1.60. The molecule has 86 valence electrons. The highest BCUT2D eigenvalue weighted by atomic mass is 32.2. The number of rotatable bonds is 3. The maximum Gasteiger partial charge on any atom is 0.236 e. The zero-order chi connectivity index (χ0) is 11.5. The van der Waals surface area contributed by atoms with Crippen LogP contribution in [-0.2, 0) is 4.79 Å². The van der Waals surface area contributed by atoms with Crippen molar-refractivity contribution in [1.82, 2.24) is 15.0 Å². The molecule has 1 amide bonds. The summed E-state index contributed by atoms with van der Waals surface area (Å²) in [5.74, 6) is 0.319. The van der Waals surface area contributed by atoms with Crippen LogP contribution < -0.4 is 4.90 Å². The summed E-state index contributed by atoms with van der Waals surface area (Å²) in [6, 6.07) is 0. The van der Waals surface area contributed by atoms with Crippen LogP contribution in [0.1, 0.15) is 6.42 Å². The number of carbonyl (C=O) groups is 1. The third-order valence-electron chi connectivity index (χ3n) is 2.42. The molecular weight excluding hydrogens is 228 g/mol. The van der Waals surface area contributed by atoms with E-state index in [1.54, 1.807) is 0 Å². The zero-order valence-electron chi connectivity index (χ0n) is 8.83. The van der Waals surface area contributed by atoms with E-state index < -0.39 is 0 Å². The maximum absolute atomic E-state index is 11.7. The van der Waals surface area contributed by atoms with Crippen molar-refractivity contribution in [2.24, 2.45) is 5.92 Å². The van der Waals surface area contributed by atoms with Gasteiger partial charge >= 0.3 is 0 Å². The van der Waals surface area contributed by atoms with Crippen LogP contribution in [0.5, 0.6) is 0 Å². The lowest BCUT2D eigenvalue weighted by Crippen LogP contribution is -2.27. The van der Waals surface area contributed by atoms with Crippen LogP contribution in [0.4, 0.5) is 5.95 Å². The Labute approximate surface area is 97.1 Å². The summed E-state index contributed by atoms with van der Waals surface area (Å²) < 4.78 is 0. The number of aliphatic hydroxyl groups is 1. The summed E-state index contributed by atoms with van der Waals surface area (Å²) in [7, 11) is 0. The molecule has 6 nitrogen and oxygen atoms in total. The van der Waals surface area contributed by atoms with Gasteiger partial charge in [0.15, 0.2) is 5.16 Å². The minimum absolute atomic E-state index is 0.0120. The van der Waals surface area contributed by atoms with Gasteiger partial charge in [-0.05, 0) is 6.26 Å². The van der Waals surface area contributed by atoms with E-state index in [0.29, 0.717) is 24.1 Å². The quantitative estimate of drug-likeness (QED) is 0.746. The van der Waals surface area contributed by atoms with Crippen molar-refractivity contribution in [3.05, 3.63) is 6.33 Å². The summed E-state index contributed by atoms with van der Waals surface area (Å²) in [5, 5.41) is 9.60. The molecule has 0 saturated carbocycles. The fraction of sp³-hybridized carbons (Fsp3) is 0.556. The summed E-state index contributed by atoms with van der Waals surface area (Å²) in [4.78, 5) is 25.2. The number of amides is 1.